The molecule has 0 aromatic heterocycles. The molecule has 0 aromatic carbocycles. The van der Waals surface area contributed by atoms with E-state index in [1.165, 1.54) is 18.6 Å². The number of oxime groups is 1. The molecule has 0 aromatic rings. The SMILES string of the molecule is CC(C)(C)C1=NOC2(C1)CC1CCC(C2)N1. The van der Waals surface area contributed by atoms with Gasteiger partial charge in [0.2, 0.25) is 0 Å². The van der Waals surface area contributed by atoms with Crippen molar-refractivity contribution in [1.82, 2.24) is 5.32 Å². The second-order valence-corrected chi connectivity index (χ2v) is 6.79. The number of hydrogen-bond acceptors (Lipinski definition) is 3. The maximum atomic E-state index is 5.85. The molecular formula is C13H22N2O. The topological polar surface area (TPSA) is 33.6 Å². The van der Waals surface area contributed by atoms with Crippen LogP contribution in [0.4, 0.5) is 0 Å². The van der Waals surface area contributed by atoms with Crippen molar-refractivity contribution in [3.8, 4) is 0 Å². The van der Waals surface area contributed by atoms with Crippen molar-refractivity contribution in [2.24, 2.45) is 10.6 Å². The summed E-state index contributed by atoms with van der Waals surface area (Å²) in [5.74, 6) is 0. The van der Waals surface area contributed by atoms with Crippen LogP contribution in [0.5, 0.6) is 0 Å². The molecule has 2 bridgehead atoms. The van der Waals surface area contributed by atoms with Gasteiger partial charge >= 0.3 is 0 Å². The summed E-state index contributed by atoms with van der Waals surface area (Å²) in [6.07, 6.45) is 5.98. The van der Waals surface area contributed by atoms with E-state index in [0.29, 0.717) is 12.1 Å². The minimum atomic E-state index is 0.0414. The number of nitrogens with zero attached hydrogens (tertiary/aromatic N) is 1. The molecular weight excluding hydrogens is 200 g/mol. The highest BCUT2D eigenvalue weighted by Gasteiger charge is 2.50. The second kappa shape index (κ2) is 3.22. The van der Waals surface area contributed by atoms with Gasteiger partial charge in [-0.15, -0.1) is 0 Å². The summed E-state index contributed by atoms with van der Waals surface area (Å²) in [7, 11) is 0. The standard InChI is InChI=1S/C13H22N2O/c1-12(2,3)11-8-13(16-15-11)6-9-4-5-10(7-13)14-9/h9-10,14H,4-8H2,1-3H3. The van der Waals surface area contributed by atoms with Crippen LogP contribution in [0, 0.1) is 5.41 Å². The van der Waals surface area contributed by atoms with Gasteiger partial charge in [0.1, 0.15) is 5.60 Å². The molecule has 16 heavy (non-hydrogen) atoms. The van der Waals surface area contributed by atoms with Crippen molar-refractivity contribution >= 4 is 5.71 Å². The number of piperidine rings is 1. The van der Waals surface area contributed by atoms with Gasteiger partial charge in [-0.3, -0.25) is 0 Å². The Labute approximate surface area is 97.6 Å². The first-order valence-corrected chi connectivity index (χ1v) is 6.48. The smallest absolute Gasteiger partial charge is 0.146 e. The fraction of sp³-hybridized carbons (Fsp3) is 0.923. The van der Waals surface area contributed by atoms with Gasteiger partial charge in [0.15, 0.2) is 0 Å². The zero-order valence-electron chi connectivity index (χ0n) is 10.5. The van der Waals surface area contributed by atoms with E-state index >= 15 is 0 Å². The van der Waals surface area contributed by atoms with Gasteiger partial charge < -0.3 is 10.2 Å². The average molecular weight is 222 g/mol. The number of nitrogens with one attached hydrogen (secondary N) is 1. The Morgan fingerprint density at radius 1 is 1.25 bits per heavy atom. The van der Waals surface area contributed by atoms with E-state index in [0.717, 1.165) is 19.3 Å². The van der Waals surface area contributed by atoms with E-state index in [-0.39, 0.29) is 11.0 Å². The molecule has 1 spiro atoms. The molecule has 0 aliphatic carbocycles. The molecule has 0 saturated carbocycles. The third-order valence-corrected chi connectivity index (χ3v) is 4.28. The Morgan fingerprint density at radius 2 is 1.88 bits per heavy atom. The lowest BCUT2D eigenvalue weighted by molar-refractivity contribution is -0.0524. The predicted octanol–water partition coefficient (Wildman–Crippen LogP) is 2.46. The molecule has 90 valence electrons. The normalized spacial score (nSPS) is 42.3. The van der Waals surface area contributed by atoms with Gasteiger partial charge in [0, 0.05) is 36.8 Å². The fourth-order valence-electron chi connectivity index (χ4n) is 3.35. The summed E-state index contributed by atoms with van der Waals surface area (Å²) in [6.45, 7) is 6.68. The maximum absolute atomic E-state index is 5.85. The van der Waals surface area contributed by atoms with E-state index in [4.69, 9.17) is 4.84 Å². The van der Waals surface area contributed by atoms with Gasteiger partial charge in [-0.05, 0) is 12.8 Å². The van der Waals surface area contributed by atoms with Crippen LogP contribution in [-0.4, -0.2) is 23.4 Å². The van der Waals surface area contributed by atoms with Gasteiger partial charge in [0.05, 0.1) is 5.71 Å². The summed E-state index contributed by atoms with van der Waals surface area (Å²) < 4.78 is 0. The molecule has 3 aliphatic rings. The minimum absolute atomic E-state index is 0.0414. The third-order valence-electron chi connectivity index (χ3n) is 4.28. The van der Waals surface area contributed by atoms with Crippen LogP contribution in [0.25, 0.3) is 0 Å². The summed E-state index contributed by atoms with van der Waals surface area (Å²) in [6, 6.07) is 1.35. The third kappa shape index (κ3) is 1.65. The lowest BCUT2D eigenvalue weighted by Gasteiger charge is -2.36. The van der Waals surface area contributed by atoms with Crippen molar-refractivity contribution in [2.45, 2.75) is 70.6 Å². The van der Waals surface area contributed by atoms with Crippen LogP contribution < -0.4 is 5.32 Å². The van der Waals surface area contributed by atoms with Gasteiger partial charge in [-0.2, -0.15) is 0 Å². The van der Waals surface area contributed by atoms with Crippen LogP contribution in [0.3, 0.4) is 0 Å². The maximum Gasteiger partial charge on any atom is 0.146 e. The first kappa shape index (κ1) is 10.6. The molecule has 2 saturated heterocycles. The second-order valence-electron chi connectivity index (χ2n) is 6.79. The highest BCUT2D eigenvalue weighted by Crippen LogP contribution is 2.43. The first-order valence-electron chi connectivity index (χ1n) is 6.48. The molecule has 2 unspecified atom stereocenters. The molecule has 3 heteroatoms. The summed E-state index contributed by atoms with van der Waals surface area (Å²) >= 11 is 0. The van der Waals surface area contributed by atoms with Crippen molar-refractivity contribution < 1.29 is 4.84 Å². The largest absolute Gasteiger partial charge is 0.389 e. The van der Waals surface area contributed by atoms with E-state index in [2.05, 4.69) is 31.2 Å². The molecule has 3 rings (SSSR count). The Kier molecular flexibility index (Phi) is 2.13. The molecule has 3 nitrogen and oxygen atoms in total. The summed E-state index contributed by atoms with van der Waals surface area (Å²) in [5, 5.41) is 8.03. The zero-order chi connectivity index (χ0) is 11.4. The Balaban J connectivity index is 1.75. The molecule has 2 atom stereocenters. The van der Waals surface area contributed by atoms with Gasteiger partial charge in [-0.1, -0.05) is 25.9 Å². The molecule has 3 aliphatic heterocycles. The van der Waals surface area contributed by atoms with Crippen molar-refractivity contribution in [3.63, 3.8) is 0 Å². The van der Waals surface area contributed by atoms with Crippen LogP contribution >= 0.6 is 0 Å². The molecule has 0 amide bonds. The number of fused-ring (bicyclic) bond motifs is 2. The van der Waals surface area contributed by atoms with Gasteiger partial charge in [-0.25, -0.2) is 0 Å². The minimum Gasteiger partial charge on any atom is -0.389 e. The van der Waals surface area contributed by atoms with Crippen molar-refractivity contribution in [1.29, 1.82) is 0 Å². The molecule has 0 radical (unpaired) electrons. The number of hydrogen-bond donors (Lipinski definition) is 1. The van der Waals surface area contributed by atoms with Gasteiger partial charge in [0.25, 0.3) is 0 Å². The van der Waals surface area contributed by atoms with E-state index in [1.54, 1.807) is 0 Å². The summed E-state index contributed by atoms with van der Waals surface area (Å²) in [4.78, 5) is 5.85. The van der Waals surface area contributed by atoms with Crippen molar-refractivity contribution in [2.75, 3.05) is 0 Å². The quantitative estimate of drug-likeness (QED) is 0.683. The monoisotopic (exact) mass is 222 g/mol. The van der Waals surface area contributed by atoms with Crippen LogP contribution in [-0.2, 0) is 4.84 Å². The first-order chi connectivity index (χ1) is 7.47. The lowest BCUT2D eigenvalue weighted by atomic mass is 9.78. The van der Waals surface area contributed by atoms with E-state index in [9.17, 15) is 0 Å². The fourth-order valence-corrected chi connectivity index (χ4v) is 3.35. The van der Waals surface area contributed by atoms with Crippen LogP contribution in [0.1, 0.15) is 52.9 Å². The molecule has 3 heterocycles. The van der Waals surface area contributed by atoms with Crippen LogP contribution in [0.15, 0.2) is 5.16 Å². The summed E-state index contributed by atoms with van der Waals surface area (Å²) in [5.41, 5.74) is 1.45. The Hall–Kier alpha value is -0.570. The lowest BCUT2D eigenvalue weighted by Crippen LogP contribution is -2.48. The highest BCUT2D eigenvalue weighted by atomic mass is 16.7. The van der Waals surface area contributed by atoms with E-state index < -0.39 is 0 Å². The van der Waals surface area contributed by atoms with E-state index in [1.807, 2.05) is 0 Å². The van der Waals surface area contributed by atoms with Crippen molar-refractivity contribution in [3.05, 3.63) is 0 Å². The molecule has 1 N–H and O–H groups in total. The Bertz CT molecular complexity index is 317. The highest BCUT2D eigenvalue weighted by molar-refractivity contribution is 5.90. The van der Waals surface area contributed by atoms with Crippen LogP contribution in [0.2, 0.25) is 0 Å². The number of rotatable bonds is 0. The Morgan fingerprint density at radius 3 is 2.38 bits per heavy atom. The zero-order valence-corrected chi connectivity index (χ0v) is 10.5. The average Bonchev–Trinajstić information content (AvgIpc) is 2.71. The predicted molar refractivity (Wildman–Crippen MR) is 64.5 cm³/mol. The molecule has 2 fully saturated rings.